The van der Waals surface area contributed by atoms with Crippen molar-refractivity contribution >= 4 is 23.3 Å². The van der Waals surface area contributed by atoms with E-state index in [1.807, 2.05) is 44.2 Å². The molecule has 0 spiro atoms. The lowest BCUT2D eigenvalue weighted by molar-refractivity contribution is 0.0857. The third-order valence-electron chi connectivity index (χ3n) is 7.60. The van der Waals surface area contributed by atoms with Crippen LogP contribution in [0, 0.1) is 19.7 Å². The Morgan fingerprint density at radius 3 is 2.21 bits per heavy atom. The highest BCUT2D eigenvalue weighted by Gasteiger charge is 2.43. The number of hydrogen-bond acceptors (Lipinski definition) is 5. The molecule has 0 saturated carbocycles. The molecule has 3 aromatic carbocycles. The number of benzene rings is 3. The number of anilines is 2. The van der Waals surface area contributed by atoms with Crippen molar-refractivity contribution in [3.63, 3.8) is 0 Å². The van der Waals surface area contributed by atoms with Crippen molar-refractivity contribution in [1.29, 1.82) is 0 Å². The van der Waals surface area contributed by atoms with Gasteiger partial charge in [0.1, 0.15) is 23.8 Å². The number of fused-ring (bicyclic) bond motifs is 8. The second-order valence-corrected chi connectivity index (χ2v) is 10.0. The summed E-state index contributed by atoms with van der Waals surface area (Å²) in [5.74, 6) is -0.296. The summed E-state index contributed by atoms with van der Waals surface area (Å²) in [6, 6.07) is 18.8. The van der Waals surface area contributed by atoms with Gasteiger partial charge in [0.05, 0.1) is 0 Å². The van der Waals surface area contributed by atoms with Gasteiger partial charge in [0.25, 0.3) is 11.8 Å². The van der Waals surface area contributed by atoms with Gasteiger partial charge in [-0.2, -0.15) is 0 Å². The number of nitrogen functional groups attached to an aromatic ring is 1. The van der Waals surface area contributed by atoms with Crippen LogP contribution in [0.2, 0.25) is 0 Å². The molecular formula is C31H27FN4O3. The third-order valence-corrected chi connectivity index (χ3v) is 7.60. The zero-order valence-corrected chi connectivity index (χ0v) is 21.8. The predicted molar refractivity (Wildman–Crippen MR) is 146 cm³/mol. The summed E-state index contributed by atoms with van der Waals surface area (Å²) in [5.41, 5.74) is 14.1. The van der Waals surface area contributed by atoms with E-state index < -0.39 is 0 Å². The van der Waals surface area contributed by atoms with E-state index in [1.165, 1.54) is 17.0 Å². The van der Waals surface area contributed by atoms with Crippen molar-refractivity contribution in [2.75, 3.05) is 17.7 Å². The number of aryl methyl sites for hydroxylation is 2. The van der Waals surface area contributed by atoms with Gasteiger partial charge in [-0.15, -0.1) is 0 Å². The lowest BCUT2D eigenvalue weighted by Crippen LogP contribution is -2.26. The van der Waals surface area contributed by atoms with Crippen LogP contribution in [0.15, 0.2) is 66.7 Å². The van der Waals surface area contributed by atoms with Crippen LogP contribution in [0.1, 0.15) is 72.0 Å². The smallest absolute Gasteiger partial charge is 0.258 e. The van der Waals surface area contributed by atoms with E-state index in [2.05, 4.69) is 10.3 Å². The maximum absolute atomic E-state index is 13.3. The van der Waals surface area contributed by atoms with E-state index in [4.69, 9.17) is 10.5 Å². The molecular weight excluding hydrogens is 495 g/mol. The molecule has 1 aromatic heterocycles. The largest absolute Gasteiger partial charge is 0.384 e. The van der Waals surface area contributed by atoms with Gasteiger partial charge in [0.15, 0.2) is 0 Å². The van der Waals surface area contributed by atoms with E-state index in [0.29, 0.717) is 29.2 Å². The van der Waals surface area contributed by atoms with E-state index in [0.717, 1.165) is 39.1 Å². The average Bonchev–Trinajstić information content (AvgIpc) is 3.49. The number of nitrogens with one attached hydrogen (secondary N) is 1. The van der Waals surface area contributed by atoms with Crippen molar-refractivity contribution in [1.82, 2.24) is 10.3 Å². The van der Waals surface area contributed by atoms with Crippen molar-refractivity contribution in [2.45, 2.75) is 32.6 Å². The van der Waals surface area contributed by atoms with Gasteiger partial charge in [-0.1, -0.05) is 12.1 Å². The second kappa shape index (κ2) is 9.32. The molecule has 3 N–H and O–H groups in total. The fourth-order valence-corrected chi connectivity index (χ4v) is 5.52. The summed E-state index contributed by atoms with van der Waals surface area (Å²) in [6.45, 7) is 4.17. The molecule has 39 heavy (non-hydrogen) atoms. The van der Waals surface area contributed by atoms with Gasteiger partial charge >= 0.3 is 0 Å². The van der Waals surface area contributed by atoms with Gasteiger partial charge in [-0.3, -0.25) is 9.59 Å². The first-order valence-electron chi connectivity index (χ1n) is 12.7. The number of pyridine rings is 1. The quantitative estimate of drug-likeness (QED) is 0.378. The zero-order chi connectivity index (χ0) is 27.4. The molecule has 2 unspecified atom stereocenters. The maximum Gasteiger partial charge on any atom is 0.258 e. The van der Waals surface area contributed by atoms with Gasteiger partial charge in [0, 0.05) is 36.1 Å². The van der Waals surface area contributed by atoms with Crippen molar-refractivity contribution in [3.05, 3.63) is 123 Å². The number of ether oxygens (including phenoxy) is 1. The molecule has 2 atom stereocenters. The number of aromatic nitrogens is 1. The Morgan fingerprint density at radius 1 is 0.923 bits per heavy atom. The molecule has 0 aliphatic carbocycles. The van der Waals surface area contributed by atoms with Crippen LogP contribution in [0.4, 0.5) is 15.9 Å². The van der Waals surface area contributed by atoms with Crippen LogP contribution < -0.4 is 16.0 Å². The first-order chi connectivity index (χ1) is 18.7. The van der Waals surface area contributed by atoms with E-state index in [9.17, 15) is 14.0 Å². The lowest BCUT2D eigenvalue weighted by atomic mass is 9.84. The Morgan fingerprint density at radius 2 is 1.54 bits per heavy atom. The number of halogens is 1. The molecule has 4 aromatic rings. The molecule has 2 bridgehead atoms. The molecule has 3 heterocycles. The van der Waals surface area contributed by atoms with Gasteiger partial charge < -0.3 is 20.7 Å². The molecule has 0 radical (unpaired) electrons. The summed E-state index contributed by atoms with van der Waals surface area (Å²) < 4.78 is 19.6. The van der Waals surface area contributed by atoms with Gasteiger partial charge in [0.2, 0.25) is 0 Å². The maximum atomic E-state index is 13.3. The van der Waals surface area contributed by atoms with Crippen LogP contribution >= 0.6 is 0 Å². The molecule has 7 nitrogen and oxygen atoms in total. The zero-order valence-electron chi connectivity index (χ0n) is 21.8. The van der Waals surface area contributed by atoms with Crippen LogP contribution in [-0.4, -0.2) is 23.8 Å². The minimum atomic E-state index is -0.359. The number of nitrogens with two attached hydrogens (primary N) is 1. The minimum absolute atomic E-state index is 0.193. The number of nitrogens with zero attached hydrogens (tertiary/aromatic N) is 2. The summed E-state index contributed by atoms with van der Waals surface area (Å²) >= 11 is 0. The molecule has 8 heteroatoms. The molecule has 196 valence electrons. The Labute approximate surface area is 225 Å². The van der Waals surface area contributed by atoms with Crippen LogP contribution in [0.25, 0.3) is 0 Å². The molecule has 2 aliphatic heterocycles. The normalized spacial score (nSPS) is 16.5. The number of amides is 2. The lowest BCUT2D eigenvalue weighted by Gasteiger charge is -2.20. The Bertz CT molecular complexity index is 1630. The van der Waals surface area contributed by atoms with Crippen LogP contribution in [0.5, 0.6) is 0 Å². The van der Waals surface area contributed by atoms with Gasteiger partial charge in [-0.25, -0.2) is 9.37 Å². The van der Waals surface area contributed by atoms with E-state index in [-0.39, 0.29) is 29.8 Å². The first kappa shape index (κ1) is 24.8. The molecule has 0 fully saturated rings. The van der Waals surface area contributed by atoms with Gasteiger partial charge in [-0.05, 0) is 102 Å². The molecule has 0 saturated heterocycles. The topological polar surface area (TPSA) is 97.5 Å². The average molecular weight is 523 g/mol. The summed E-state index contributed by atoms with van der Waals surface area (Å²) in [7, 11) is 1.66. The van der Waals surface area contributed by atoms with E-state index >= 15 is 0 Å². The Kier molecular flexibility index (Phi) is 5.92. The fourth-order valence-electron chi connectivity index (χ4n) is 5.52. The summed E-state index contributed by atoms with van der Waals surface area (Å²) in [5, 5.41) is 2.99. The Hall–Kier alpha value is -4.56. The highest BCUT2D eigenvalue weighted by Crippen LogP contribution is 2.54. The second-order valence-electron chi connectivity index (χ2n) is 10.0. The standard InChI is InChI=1S/C31H27FN4O3/c1-16-12-27(33)35-17(2)26(16)15-34-30(37)18-4-10-22-24(13-18)29-25-14-19(5-11-23(25)28(22)39-29)31(38)36(3)21-8-6-20(32)7-9-21/h4-14,28-29H,15H2,1-3H3,(H2,33,35)(H,34,37). The molecule has 2 aliphatic rings. The predicted octanol–water partition coefficient (Wildman–Crippen LogP) is 5.15. The number of carbonyl (C=O) groups is 2. The number of hydrogen-bond donors (Lipinski definition) is 2. The van der Waals surface area contributed by atoms with Crippen molar-refractivity contribution < 1.29 is 18.7 Å². The van der Waals surface area contributed by atoms with Crippen molar-refractivity contribution in [2.24, 2.45) is 0 Å². The SMILES string of the molecule is Cc1cc(N)nc(C)c1CNC(=O)c1ccc2c(c1)C1OC2c2ccc(C(=O)N(C)c3ccc(F)cc3)cc21. The molecule has 2 amide bonds. The Balaban J connectivity index is 1.22. The third kappa shape index (κ3) is 4.23. The highest BCUT2D eigenvalue weighted by atomic mass is 19.1. The summed E-state index contributed by atoms with van der Waals surface area (Å²) in [4.78, 5) is 32.1. The number of rotatable bonds is 5. The van der Waals surface area contributed by atoms with Crippen LogP contribution in [-0.2, 0) is 11.3 Å². The fraction of sp³-hybridized carbons (Fsp3) is 0.194. The van der Waals surface area contributed by atoms with E-state index in [1.54, 1.807) is 31.3 Å². The minimum Gasteiger partial charge on any atom is -0.384 e. The van der Waals surface area contributed by atoms with Crippen LogP contribution in [0.3, 0.4) is 0 Å². The van der Waals surface area contributed by atoms with Crippen molar-refractivity contribution in [3.8, 4) is 0 Å². The highest BCUT2D eigenvalue weighted by molar-refractivity contribution is 6.06. The number of carbonyl (C=O) groups excluding carboxylic acids is 2. The first-order valence-corrected chi connectivity index (χ1v) is 12.7. The molecule has 6 rings (SSSR count). The monoisotopic (exact) mass is 522 g/mol. The summed E-state index contributed by atoms with van der Waals surface area (Å²) in [6.07, 6.45) is -0.593.